The fourth-order valence-electron chi connectivity index (χ4n) is 6.97. The van der Waals surface area contributed by atoms with Crippen LogP contribution in [0.4, 0.5) is 0 Å². The largest absolute Gasteiger partial charge is 0.462 e. The van der Waals surface area contributed by atoms with E-state index >= 15 is 0 Å². The average Bonchev–Trinajstić information content (AvgIpc) is 3.08. The first-order chi connectivity index (χ1) is 14.7. The lowest BCUT2D eigenvalue weighted by Crippen LogP contribution is -2.36. The molecule has 0 N–H and O–H groups in total. The Morgan fingerprint density at radius 1 is 1.06 bits per heavy atom. The molecule has 6 atom stereocenters. The number of carbonyl (C=O) groups excluding carboxylic acids is 1. The molecule has 2 heteroatoms. The quantitative estimate of drug-likeness (QED) is 0.376. The Bertz CT molecular complexity index is 851. The zero-order chi connectivity index (χ0) is 22.3. The standard InChI is InChI=1S/C29H42O2/c1-18(2)19(3)7-8-20(4)27-13-14-28-26-11-9-22-17-23(31-21(5)30)10-12-24(22)25(26)15-16-29(27,28)6/h7-9,11,18-20,23,27-28H,10,12-17H2,1-6H3/b8-7+/t19-,20+,23-,27+,28-,29+/m0/s1. The van der Waals surface area contributed by atoms with Gasteiger partial charge in [0.15, 0.2) is 0 Å². The number of rotatable bonds is 5. The predicted octanol–water partition coefficient (Wildman–Crippen LogP) is 7.04. The third kappa shape index (κ3) is 4.24. The second-order valence-electron chi connectivity index (χ2n) is 11.3. The minimum Gasteiger partial charge on any atom is -0.462 e. The van der Waals surface area contributed by atoms with Gasteiger partial charge in [-0.15, -0.1) is 0 Å². The first-order valence-electron chi connectivity index (χ1n) is 12.7. The Balaban J connectivity index is 1.55. The van der Waals surface area contributed by atoms with Crippen molar-refractivity contribution in [1.82, 2.24) is 0 Å². The van der Waals surface area contributed by atoms with Crippen molar-refractivity contribution < 1.29 is 9.53 Å². The molecule has 1 aromatic rings. The van der Waals surface area contributed by atoms with E-state index in [0.29, 0.717) is 29.1 Å². The van der Waals surface area contributed by atoms with Gasteiger partial charge in [0.05, 0.1) is 0 Å². The van der Waals surface area contributed by atoms with Crippen LogP contribution in [0.15, 0.2) is 24.3 Å². The highest BCUT2D eigenvalue weighted by Gasteiger charge is 2.51. The Morgan fingerprint density at radius 3 is 2.55 bits per heavy atom. The van der Waals surface area contributed by atoms with Crippen LogP contribution in [0, 0.1) is 29.1 Å². The number of esters is 1. The van der Waals surface area contributed by atoms with Gasteiger partial charge in [0.2, 0.25) is 0 Å². The summed E-state index contributed by atoms with van der Waals surface area (Å²) >= 11 is 0. The van der Waals surface area contributed by atoms with Gasteiger partial charge in [0, 0.05) is 13.3 Å². The van der Waals surface area contributed by atoms with Crippen LogP contribution in [0.3, 0.4) is 0 Å². The molecule has 0 bridgehead atoms. The molecule has 1 saturated carbocycles. The summed E-state index contributed by atoms with van der Waals surface area (Å²) in [5.41, 5.74) is 6.73. The molecule has 170 valence electrons. The number of allylic oxidation sites excluding steroid dienone is 2. The summed E-state index contributed by atoms with van der Waals surface area (Å²) in [5, 5.41) is 0. The normalized spacial score (nSPS) is 31.8. The maximum absolute atomic E-state index is 11.4. The van der Waals surface area contributed by atoms with Crippen molar-refractivity contribution >= 4 is 5.97 Å². The van der Waals surface area contributed by atoms with Gasteiger partial charge in [-0.1, -0.05) is 58.9 Å². The fraction of sp³-hybridized carbons (Fsp3) is 0.690. The van der Waals surface area contributed by atoms with E-state index in [2.05, 4.69) is 58.9 Å². The van der Waals surface area contributed by atoms with Gasteiger partial charge in [-0.05, 0) is 95.8 Å². The summed E-state index contributed by atoms with van der Waals surface area (Å²) in [6, 6.07) is 4.80. The summed E-state index contributed by atoms with van der Waals surface area (Å²) in [4.78, 5) is 11.4. The van der Waals surface area contributed by atoms with Crippen molar-refractivity contribution in [3.8, 4) is 0 Å². The van der Waals surface area contributed by atoms with Gasteiger partial charge in [0.25, 0.3) is 0 Å². The van der Waals surface area contributed by atoms with E-state index in [9.17, 15) is 4.79 Å². The number of benzene rings is 1. The average molecular weight is 423 g/mol. The third-order valence-electron chi connectivity index (χ3n) is 9.16. The number of ether oxygens (including phenoxy) is 1. The maximum Gasteiger partial charge on any atom is 0.302 e. The number of fused-ring (bicyclic) bond motifs is 5. The van der Waals surface area contributed by atoms with Crippen molar-refractivity contribution in [2.24, 2.45) is 29.1 Å². The molecule has 3 aliphatic rings. The van der Waals surface area contributed by atoms with Crippen LogP contribution in [-0.2, 0) is 28.8 Å². The summed E-state index contributed by atoms with van der Waals surface area (Å²) in [6.07, 6.45) is 13.2. The van der Waals surface area contributed by atoms with E-state index in [1.807, 2.05) is 0 Å². The molecule has 4 rings (SSSR count). The summed E-state index contributed by atoms with van der Waals surface area (Å²) in [5.74, 6) is 3.36. The molecule has 0 heterocycles. The van der Waals surface area contributed by atoms with E-state index in [1.54, 1.807) is 16.7 Å². The first-order valence-corrected chi connectivity index (χ1v) is 12.7. The zero-order valence-corrected chi connectivity index (χ0v) is 20.5. The highest BCUT2D eigenvalue weighted by atomic mass is 16.5. The number of carbonyl (C=O) groups is 1. The first kappa shape index (κ1) is 22.6. The van der Waals surface area contributed by atoms with Crippen LogP contribution in [0.1, 0.15) is 95.4 Å². The number of hydrogen-bond donors (Lipinski definition) is 0. The van der Waals surface area contributed by atoms with Crippen LogP contribution < -0.4 is 0 Å². The summed E-state index contributed by atoms with van der Waals surface area (Å²) in [6.45, 7) is 13.6. The van der Waals surface area contributed by atoms with Crippen molar-refractivity contribution in [1.29, 1.82) is 0 Å². The molecule has 2 nitrogen and oxygen atoms in total. The molecule has 0 saturated heterocycles. The van der Waals surface area contributed by atoms with Gasteiger partial charge >= 0.3 is 5.97 Å². The lowest BCUT2D eigenvalue weighted by atomic mass is 9.60. The lowest BCUT2D eigenvalue weighted by Gasteiger charge is -2.45. The highest BCUT2D eigenvalue weighted by Crippen LogP contribution is 2.61. The molecular formula is C29H42O2. The monoisotopic (exact) mass is 422 g/mol. The van der Waals surface area contributed by atoms with Gasteiger partial charge < -0.3 is 4.74 Å². The molecule has 0 amide bonds. The third-order valence-corrected chi connectivity index (χ3v) is 9.16. The van der Waals surface area contributed by atoms with Crippen molar-refractivity contribution in [3.05, 3.63) is 46.5 Å². The minimum atomic E-state index is -0.148. The van der Waals surface area contributed by atoms with Gasteiger partial charge in [0.1, 0.15) is 6.10 Å². The van der Waals surface area contributed by atoms with E-state index in [1.165, 1.54) is 38.2 Å². The van der Waals surface area contributed by atoms with Crippen LogP contribution in [0.5, 0.6) is 0 Å². The van der Waals surface area contributed by atoms with E-state index in [0.717, 1.165) is 25.2 Å². The molecule has 31 heavy (non-hydrogen) atoms. The molecule has 3 aliphatic carbocycles. The van der Waals surface area contributed by atoms with Crippen LogP contribution >= 0.6 is 0 Å². The van der Waals surface area contributed by atoms with Gasteiger partial charge in [-0.25, -0.2) is 0 Å². The highest BCUT2D eigenvalue weighted by molar-refractivity contribution is 5.66. The van der Waals surface area contributed by atoms with Gasteiger partial charge in [-0.3, -0.25) is 4.79 Å². The summed E-state index contributed by atoms with van der Waals surface area (Å²) < 4.78 is 5.53. The molecule has 0 unspecified atom stereocenters. The summed E-state index contributed by atoms with van der Waals surface area (Å²) in [7, 11) is 0. The number of hydrogen-bond acceptors (Lipinski definition) is 2. The SMILES string of the molecule is CC(=O)O[C@H]1CCc2c(ccc3c2CC[C@]2(C)[C@@H]([C@H](C)/C=C/[C@H](C)C(C)C)CC[C@@H]32)C1. The van der Waals surface area contributed by atoms with Crippen molar-refractivity contribution in [2.45, 2.75) is 98.5 Å². The Kier molecular flexibility index (Phi) is 6.39. The van der Waals surface area contributed by atoms with Gasteiger partial charge in [-0.2, -0.15) is 0 Å². The molecule has 1 aromatic carbocycles. The fourth-order valence-corrected chi connectivity index (χ4v) is 6.97. The molecule has 0 radical (unpaired) electrons. The van der Waals surface area contributed by atoms with Crippen LogP contribution in [-0.4, -0.2) is 12.1 Å². The molecule has 0 aliphatic heterocycles. The van der Waals surface area contributed by atoms with E-state index in [4.69, 9.17) is 4.74 Å². The Morgan fingerprint density at radius 2 is 1.84 bits per heavy atom. The molecular weight excluding hydrogens is 380 g/mol. The lowest BCUT2D eigenvalue weighted by molar-refractivity contribution is -0.146. The minimum absolute atomic E-state index is 0.0636. The van der Waals surface area contributed by atoms with E-state index < -0.39 is 0 Å². The Labute approximate surface area is 189 Å². The second-order valence-corrected chi connectivity index (χ2v) is 11.3. The second kappa shape index (κ2) is 8.75. The molecule has 1 fully saturated rings. The van der Waals surface area contributed by atoms with Crippen molar-refractivity contribution in [2.75, 3.05) is 0 Å². The van der Waals surface area contributed by atoms with E-state index in [-0.39, 0.29) is 12.1 Å². The smallest absolute Gasteiger partial charge is 0.302 e. The van der Waals surface area contributed by atoms with Crippen LogP contribution in [0.2, 0.25) is 0 Å². The van der Waals surface area contributed by atoms with Crippen LogP contribution in [0.25, 0.3) is 0 Å². The zero-order valence-electron chi connectivity index (χ0n) is 20.5. The molecule has 0 aromatic heterocycles. The topological polar surface area (TPSA) is 26.3 Å². The molecule has 0 spiro atoms. The van der Waals surface area contributed by atoms with Crippen molar-refractivity contribution in [3.63, 3.8) is 0 Å². The predicted molar refractivity (Wildman–Crippen MR) is 128 cm³/mol. The Hall–Kier alpha value is -1.57. The maximum atomic E-state index is 11.4.